The Kier molecular flexibility index (Phi) is 8.38. The van der Waals surface area contributed by atoms with Crippen LogP contribution in [0.25, 0.3) is 0 Å². The minimum absolute atomic E-state index is 0.0141. The van der Waals surface area contributed by atoms with E-state index in [4.69, 9.17) is 21.1 Å². The Balaban J connectivity index is 2.86. The van der Waals surface area contributed by atoms with Gasteiger partial charge in [-0.15, -0.1) is 0 Å². The molecule has 1 rings (SSSR count). The summed E-state index contributed by atoms with van der Waals surface area (Å²) in [4.78, 5) is 0. The molecular formula is C19H33N3O3. The smallest absolute Gasteiger partial charge is 0.0884 e. The maximum absolute atomic E-state index is 9.52. The number of nitrogens with zero attached hydrogens (tertiary/aromatic N) is 1. The van der Waals surface area contributed by atoms with Crippen LogP contribution < -0.4 is 11.6 Å². The van der Waals surface area contributed by atoms with Crippen molar-refractivity contribution in [2.24, 2.45) is 17.0 Å². The molecule has 0 aliphatic rings. The van der Waals surface area contributed by atoms with Gasteiger partial charge in [0.15, 0.2) is 0 Å². The Labute approximate surface area is 151 Å². The van der Waals surface area contributed by atoms with Crippen LogP contribution in [-0.4, -0.2) is 37.0 Å². The van der Waals surface area contributed by atoms with Crippen LogP contribution in [0.1, 0.15) is 43.6 Å². The summed E-state index contributed by atoms with van der Waals surface area (Å²) in [5, 5.41) is 11.0. The molecule has 0 fully saturated rings. The molecule has 1 aromatic rings. The first kappa shape index (κ1) is 21.4. The lowest BCUT2D eigenvalue weighted by Gasteiger charge is -2.32. The molecule has 0 spiro atoms. The molecule has 0 aromatic heterocycles. The monoisotopic (exact) mass is 351 g/mol. The Morgan fingerprint density at radius 3 is 2.60 bits per heavy atom. The molecule has 25 heavy (non-hydrogen) atoms. The highest BCUT2D eigenvalue weighted by molar-refractivity contribution is 5.32. The molecule has 1 unspecified atom stereocenters. The Morgan fingerprint density at radius 1 is 1.36 bits per heavy atom. The van der Waals surface area contributed by atoms with Gasteiger partial charge in [0, 0.05) is 13.3 Å². The average Bonchev–Trinajstić information content (AvgIpc) is 2.53. The molecule has 0 amide bonds. The van der Waals surface area contributed by atoms with Crippen molar-refractivity contribution in [2.45, 2.75) is 40.4 Å². The van der Waals surface area contributed by atoms with Crippen molar-refractivity contribution in [1.82, 2.24) is 5.01 Å². The third-order valence-electron chi connectivity index (χ3n) is 3.93. The SMILES string of the molecule is COCCN(N)/C=C(\N)COC(c1ccc(C)c(CO)c1)C(C)(C)C. The van der Waals surface area contributed by atoms with Gasteiger partial charge in [-0.3, -0.25) is 0 Å². The van der Waals surface area contributed by atoms with Crippen molar-refractivity contribution in [3.63, 3.8) is 0 Å². The third kappa shape index (κ3) is 7.04. The van der Waals surface area contributed by atoms with Crippen LogP contribution in [0.5, 0.6) is 0 Å². The number of hydrazine groups is 1. The summed E-state index contributed by atoms with van der Waals surface area (Å²) in [6.07, 6.45) is 1.50. The minimum Gasteiger partial charge on any atom is -0.399 e. The molecule has 0 aliphatic heterocycles. The van der Waals surface area contributed by atoms with E-state index in [1.54, 1.807) is 13.3 Å². The fraction of sp³-hybridized carbons (Fsp3) is 0.579. The largest absolute Gasteiger partial charge is 0.399 e. The van der Waals surface area contributed by atoms with Crippen LogP contribution in [0.2, 0.25) is 0 Å². The quantitative estimate of drug-likeness (QED) is 0.466. The highest BCUT2D eigenvalue weighted by Gasteiger charge is 2.27. The Bertz CT molecular complexity index is 568. The van der Waals surface area contributed by atoms with Crippen LogP contribution in [0.4, 0.5) is 0 Å². The topological polar surface area (TPSA) is 94.0 Å². The van der Waals surface area contributed by atoms with E-state index in [9.17, 15) is 5.11 Å². The van der Waals surface area contributed by atoms with Crippen LogP contribution in [-0.2, 0) is 16.1 Å². The van der Waals surface area contributed by atoms with Gasteiger partial charge >= 0.3 is 0 Å². The van der Waals surface area contributed by atoms with Gasteiger partial charge in [-0.2, -0.15) is 0 Å². The van der Waals surface area contributed by atoms with E-state index in [2.05, 4.69) is 20.8 Å². The number of benzene rings is 1. The van der Waals surface area contributed by atoms with Gasteiger partial charge in [-0.1, -0.05) is 39.0 Å². The predicted molar refractivity (Wildman–Crippen MR) is 100 cm³/mol. The Hall–Kier alpha value is -1.60. The van der Waals surface area contributed by atoms with Crippen LogP contribution in [0.3, 0.4) is 0 Å². The van der Waals surface area contributed by atoms with Crippen molar-refractivity contribution in [3.8, 4) is 0 Å². The number of nitrogens with two attached hydrogens (primary N) is 2. The number of aryl methyl sites for hydroxylation is 1. The van der Waals surface area contributed by atoms with Gasteiger partial charge in [0.05, 0.1) is 38.2 Å². The van der Waals surface area contributed by atoms with E-state index < -0.39 is 0 Å². The second-order valence-electron chi connectivity index (χ2n) is 7.34. The van der Waals surface area contributed by atoms with E-state index >= 15 is 0 Å². The summed E-state index contributed by atoms with van der Waals surface area (Å²) in [5.74, 6) is 5.83. The van der Waals surface area contributed by atoms with Crippen molar-refractivity contribution in [2.75, 3.05) is 26.9 Å². The normalized spacial score (nSPS) is 13.8. The zero-order valence-electron chi connectivity index (χ0n) is 16.1. The summed E-state index contributed by atoms with van der Waals surface area (Å²) in [6.45, 7) is 9.69. The van der Waals surface area contributed by atoms with E-state index in [1.165, 1.54) is 5.01 Å². The number of aliphatic hydroxyl groups is 1. The number of hydrogen-bond acceptors (Lipinski definition) is 6. The van der Waals surface area contributed by atoms with Crippen molar-refractivity contribution in [1.29, 1.82) is 0 Å². The van der Waals surface area contributed by atoms with Crippen molar-refractivity contribution in [3.05, 3.63) is 46.8 Å². The van der Waals surface area contributed by atoms with Crippen LogP contribution in [0, 0.1) is 12.3 Å². The van der Waals surface area contributed by atoms with Gasteiger partial charge in [-0.25, -0.2) is 5.84 Å². The van der Waals surface area contributed by atoms with Gasteiger partial charge < -0.3 is 25.3 Å². The lowest BCUT2D eigenvalue weighted by atomic mass is 9.83. The van der Waals surface area contributed by atoms with E-state index in [-0.39, 0.29) is 24.7 Å². The summed E-state index contributed by atoms with van der Waals surface area (Å²) < 4.78 is 11.1. The maximum atomic E-state index is 9.52. The molecule has 5 N–H and O–H groups in total. The molecule has 0 aliphatic carbocycles. The number of methoxy groups -OCH3 is 1. The molecule has 1 atom stereocenters. The second-order valence-corrected chi connectivity index (χ2v) is 7.34. The molecule has 0 saturated carbocycles. The molecule has 6 nitrogen and oxygen atoms in total. The third-order valence-corrected chi connectivity index (χ3v) is 3.93. The zero-order valence-corrected chi connectivity index (χ0v) is 16.1. The number of rotatable bonds is 9. The standard InChI is InChI=1S/C19H33N3O3/c1-14-6-7-15(10-16(14)12-23)18(19(2,3)4)25-13-17(20)11-22(21)8-9-24-5/h6-7,10-11,18,23H,8-9,12-13,20-21H2,1-5H3/b17-11-. The molecule has 0 radical (unpaired) electrons. The van der Waals surface area contributed by atoms with Gasteiger partial charge in [0.25, 0.3) is 0 Å². The van der Waals surface area contributed by atoms with E-state index in [0.29, 0.717) is 18.8 Å². The molecule has 0 saturated heterocycles. The first-order valence-corrected chi connectivity index (χ1v) is 8.47. The summed E-state index contributed by atoms with van der Waals surface area (Å²) in [7, 11) is 1.63. The summed E-state index contributed by atoms with van der Waals surface area (Å²) >= 11 is 0. The minimum atomic E-state index is -0.157. The van der Waals surface area contributed by atoms with Gasteiger partial charge in [0.1, 0.15) is 0 Å². The van der Waals surface area contributed by atoms with Crippen LogP contribution in [0.15, 0.2) is 30.1 Å². The van der Waals surface area contributed by atoms with Gasteiger partial charge in [0.2, 0.25) is 0 Å². The molecule has 0 bridgehead atoms. The maximum Gasteiger partial charge on any atom is 0.0884 e. The highest BCUT2D eigenvalue weighted by Crippen LogP contribution is 2.37. The fourth-order valence-electron chi connectivity index (χ4n) is 2.56. The highest BCUT2D eigenvalue weighted by atomic mass is 16.5. The second kappa shape index (κ2) is 9.77. The average molecular weight is 351 g/mol. The molecule has 0 heterocycles. The lowest BCUT2D eigenvalue weighted by molar-refractivity contribution is -0.00921. The molecular weight excluding hydrogens is 318 g/mol. The molecule has 142 valence electrons. The number of hydrogen-bond donors (Lipinski definition) is 3. The zero-order chi connectivity index (χ0) is 19.0. The number of aliphatic hydroxyl groups excluding tert-OH is 1. The summed E-state index contributed by atoms with van der Waals surface area (Å²) in [5.41, 5.74) is 9.45. The number of ether oxygens (including phenoxy) is 2. The molecule has 6 heteroatoms. The van der Waals surface area contributed by atoms with Crippen molar-refractivity contribution >= 4 is 0 Å². The van der Waals surface area contributed by atoms with Gasteiger partial charge in [-0.05, 0) is 29.0 Å². The lowest BCUT2D eigenvalue weighted by Crippen LogP contribution is -2.31. The predicted octanol–water partition coefficient (Wildman–Crippen LogP) is 2.21. The fourth-order valence-corrected chi connectivity index (χ4v) is 2.56. The molecule has 1 aromatic carbocycles. The first-order valence-electron chi connectivity index (χ1n) is 8.47. The summed E-state index contributed by atoms with van der Waals surface area (Å²) in [6, 6.07) is 6.05. The van der Waals surface area contributed by atoms with Crippen molar-refractivity contribution < 1.29 is 14.6 Å². The van der Waals surface area contributed by atoms with Crippen LogP contribution >= 0.6 is 0 Å². The van der Waals surface area contributed by atoms with E-state index in [1.807, 2.05) is 25.1 Å². The Morgan fingerprint density at radius 2 is 2.04 bits per heavy atom. The first-order chi connectivity index (χ1) is 11.7. The van der Waals surface area contributed by atoms with E-state index in [0.717, 1.165) is 16.7 Å².